The predicted octanol–water partition coefficient (Wildman–Crippen LogP) is 4.70. The van der Waals surface area contributed by atoms with Gasteiger partial charge in [-0.2, -0.15) is 4.99 Å². The van der Waals surface area contributed by atoms with Gasteiger partial charge in [-0.3, -0.25) is 4.79 Å². The van der Waals surface area contributed by atoms with Gasteiger partial charge in [0.25, 0.3) is 5.91 Å². The smallest absolute Gasteiger partial charge is 0.286 e. The number of piperidine rings is 1. The third-order valence-corrected chi connectivity index (χ3v) is 5.39. The van der Waals surface area contributed by atoms with Crippen LogP contribution in [-0.2, 0) is 4.79 Å². The molecule has 2 aliphatic rings. The number of amides is 1. The SMILES string of the molecule is C[C@@H]1CCCN(C2=NC(=O)/C(=C/c3ccc(Cl)cc3Cl)S2)C1. The van der Waals surface area contributed by atoms with Crippen LogP contribution in [0.15, 0.2) is 28.1 Å². The number of amidine groups is 1. The van der Waals surface area contributed by atoms with Crippen LogP contribution in [0.2, 0.25) is 10.0 Å². The number of likely N-dealkylation sites (tertiary alicyclic amines) is 1. The maximum atomic E-state index is 12.1. The summed E-state index contributed by atoms with van der Waals surface area (Å²) in [6.07, 6.45) is 4.18. The highest BCUT2D eigenvalue weighted by atomic mass is 35.5. The summed E-state index contributed by atoms with van der Waals surface area (Å²) < 4.78 is 0. The summed E-state index contributed by atoms with van der Waals surface area (Å²) in [4.78, 5) is 19.1. The van der Waals surface area contributed by atoms with E-state index in [1.54, 1.807) is 18.2 Å². The van der Waals surface area contributed by atoms with Crippen molar-refractivity contribution in [3.05, 3.63) is 38.7 Å². The Morgan fingerprint density at radius 3 is 2.95 bits per heavy atom. The Bertz CT molecular complexity index is 672. The Balaban J connectivity index is 1.78. The summed E-state index contributed by atoms with van der Waals surface area (Å²) in [5, 5.41) is 1.93. The van der Waals surface area contributed by atoms with E-state index in [0.717, 1.165) is 30.2 Å². The van der Waals surface area contributed by atoms with Gasteiger partial charge in [-0.05, 0) is 54.3 Å². The molecule has 0 spiro atoms. The van der Waals surface area contributed by atoms with Gasteiger partial charge in [0.05, 0.1) is 4.91 Å². The molecule has 1 fully saturated rings. The molecular formula is C16H16Cl2N2OS. The van der Waals surface area contributed by atoms with Gasteiger partial charge in [-0.1, -0.05) is 36.2 Å². The van der Waals surface area contributed by atoms with Gasteiger partial charge >= 0.3 is 0 Å². The molecule has 22 heavy (non-hydrogen) atoms. The molecule has 1 aromatic carbocycles. The molecule has 1 atom stereocenters. The zero-order valence-corrected chi connectivity index (χ0v) is 14.5. The fourth-order valence-electron chi connectivity index (χ4n) is 2.66. The maximum Gasteiger partial charge on any atom is 0.286 e. The standard InChI is InChI=1S/C16H16Cl2N2OS/c1-10-3-2-6-20(9-10)16-19-15(21)14(22-16)7-11-4-5-12(17)8-13(11)18/h4-5,7-8,10H,2-3,6,9H2,1H3/b14-7-/t10-/m1/s1. The van der Waals surface area contributed by atoms with Crippen LogP contribution < -0.4 is 0 Å². The lowest BCUT2D eigenvalue weighted by Gasteiger charge is -2.31. The largest absolute Gasteiger partial charge is 0.351 e. The second-order valence-electron chi connectivity index (χ2n) is 5.67. The van der Waals surface area contributed by atoms with E-state index >= 15 is 0 Å². The summed E-state index contributed by atoms with van der Waals surface area (Å²) in [6, 6.07) is 5.25. The second kappa shape index (κ2) is 6.65. The molecule has 0 aromatic heterocycles. The van der Waals surface area contributed by atoms with Crippen molar-refractivity contribution in [3.63, 3.8) is 0 Å². The van der Waals surface area contributed by atoms with Gasteiger partial charge in [-0.15, -0.1) is 0 Å². The van der Waals surface area contributed by atoms with Gasteiger partial charge in [0, 0.05) is 23.1 Å². The van der Waals surface area contributed by atoms with E-state index < -0.39 is 0 Å². The Kier molecular flexibility index (Phi) is 4.81. The van der Waals surface area contributed by atoms with E-state index in [9.17, 15) is 4.79 Å². The van der Waals surface area contributed by atoms with E-state index in [1.165, 1.54) is 18.2 Å². The molecule has 1 amide bonds. The summed E-state index contributed by atoms with van der Waals surface area (Å²) in [6.45, 7) is 4.17. The summed E-state index contributed by atoms with van der Waals surface area (Å²) >= 11 is 13.5. The Labute approximate surface area is 144 Å². The molecule has 116 valence electrons. The van der Waals surface area contributed by atoms with E-state index in [4.69, 9.17) is 23.2 Å². The molecule has 0 unspecified atom stereocenters. The highest BCUT2D eigenvalue weighted by Gasteiger charge is 2.28. The number of thioether (sulfide) groups is 1. The van der Waals surface area contributed by atoms with E-state index in [1.807, 2.05) is 6.07 Å². The Morgan fingerprint density at radius 1 is 1.41 bits per heavy atom. The van der Waals surface area contributed by atoms with E-state index in [-0.39, 0.29) is 5.91 Å². The molecule has 2 aliphatic heterocycles. The number of rotatable bonds is 1. The summed E-state index contributed by atoms with van der Waals surface area (Å²) in [5.41, 5.74) is 0.783. The zero-order valence-electron chi connectivity index (χ0n) is 12.2. The van der Waals surface area contributed by atoms with Gasteiger partial charge < -0.3 is 4.90 Å². The number of hydrogen-bond acceptors (Lipinski definition) is 3. The number of carbonyl (C=O) groups excluding carboxylic acids is 1. The minimum absolute atomic E-state index is 0.191. The molecule has 2 heterocycles. The van der Waals surface area contributed by atoms with Crippen molar-refractivity contribution in [2.75, 3.05) is 13.1 Å². The predicted molar refractivity (Wildman–Crippen MR) is 94.4 cm³/mol. The third kappa shape index (κ3) is 3.50. The van der Waals surface area contributed by atoms with Crippen molar-refractivity contribution >= 4 is 52.1 Å². The van der Waals surface area contributed by atoms with Crippen LogP contribution in [0.3, 0.4) is 0 Å². The number of nitrogens with zero attached hydrogens (tertiary/aromatic N) is 2. The Morgan fingerprint density at radius 2 is 2.23 bits per heavy atom. The average Bonchev–Trinajstić information content (AvgIpc) is 2.83. The normalized spacial score (nSPS) is 24.0. The molecule has 3 nitrogen and oxygen atoms in total. The fourth-order valence-corrected chi connectivity index (χ4v) is 4.06. The van der Waals surface area contributed by atoms with Crippen LogP contribution in [-0.4, -0.2) is 29.1 Å². The molecule has 0 bridgehead atoms. The molecule has 3 rings (SSSR count). The van der Waals surface area contributed by atoms with E-state index in [2.05, 4.69) is 16.8 Å². The van der Waals surface area contributed by atoms with Crippen LogP contribution in [0.4, 0.5) is 0 Å². The van der Waals surface area contributed by atoms with E-state index in [0.29, 0.717) is 20.9 Å². The van der Waals surface area contributed by atoms with Crippen molar-refractivity contribution in [3.8, 4) is 0 Å². The number of benzene rings is 1. The van der Waals surface area contributed by atoms with Gasteiger partial charge in [0.15, 0.2) is 5.17 Å². The first kappa shape index (κ1) is 15.9. The number of halogens is 2. The molecule has 0 N–H and O–H groups in total. The quantitative estimate of drug-likeness (QED) is 0.685. The summed E-state index contributed by atoms with van der Waals surface area (Å²) in [5.74, 6) is 0.454. The van der Waals surface area contributed by atoms with Crippen molar-refractivity contribution < 1.29 is 4.79 Å². The van der Waals surface area contributed by atoms with Crippen molar-refractivity contribution in [1.82, 2.24) is 4.90 Å². The first-order valence-electron chi connectivity index (χ1n) is 7.25. The highest BCUT2D eigenvalue weighted by molar-refractivity contribution is 8.18. The second-order valence-corrected chi connectivity index (χ2v) is 7.52. The molecule has 0 saturated carbocycles. The molecule has 0 aliphatic carbocycles. The number of aliphatic imine (C=N–C) groups is 1. The number of hydrogen-bond donors (Lipinski definition) is 0. The Hall–Kier alpha value is -0.970. The highest BCUT2D eigenvalue weighted by Crippen LogP contribution is 2.33. The van der Waals surface area contributed by atoms with Crippen LogP contribution in [0.25, 0.3) is 6.08 Å². The maximum absolute atomic E-state index is 12.1. The zero-order chi connectivity index (χ0) is 15.7. The van der Waals surface area contributed by atoms with Crippen LogP contribution in [0.5, 0.6) is 0 Å². The lowest BCUT2D eigenvalue weighted by atomic mass is 10.0. The topological polar surface area (TPSA) is 32.7 Å². The van der Waals surface area contributed by atoms with Crippen molar-refractivity contribution in [2.45, 2.75) is 19.8 Å². The van der Waals surface area contributed by atoms with Gasteiger partial charge in [0.2, 0.25) is 0 Å². The molecule has 1 saturated heterocycles. The van der Waals surface area contributed by atoms with Crippen molar-refractivity contribution in [1.29, 1.82) is 0 Å². The van der Waals surface area contributed by atoms with Crippen LogP contribution >= 0.6 is 35.0 Å². The molecule has 1 aromatic rings. The minimum atomic E-state index is -0.191. The van der Waals surface area contributed by atoms with Crippen LogP contribution in [0.1, 0.15) is 25.3 Å². The first-order chi connectivity index (χ1) is 10.5. The van der Waals surface area contributed by atoms with Crippen LogP contribution in [0, 0.1) is 5.92 Å². The molecular weight excluding hydrogens is 339 g/mol. The molecule has 0 radical (unpaired) electrons. The third-order valence-electron chi connectivity index (χ3n) is 3.79. The number of carbonyl (C=O) groups is 1. The monoisotopic (exact) mass is 354 g/mol. The van der Waals surface area contributed by atoms with Gasteiger partial charge in [-0.25, -0.2) is 0 Å². The van der Waals surface area contributed by atoms with Crippen molar-refractivity contribution in [2.24, 2.45) is 10.9 Å². The van der Waals surface area contributed by atoms with Gasteiger partial charge in [0.1, 0.15) is 0 Å². The minimum Gasteiger partial charge on any atom is -0.351 e. The molecule has 6 heteroatoms. The average molecular weight is 355 g/mol. The lowest BCUT2D eigenvalue weighted by molar-refractivity contribution is -0.113. The lowest BCUT2D eigenvalue weighted by Crippen LogP contribution is -2.37. The first-order valence-corrected chi connectivity index (χ1v) is 8.83. The fraction of sp³-hybridized carbons (Fsp3) is 0.375. The summed E-state index contributed by atoms with van der Waals surface area (Å²) in [7, 11) is 0.